The monoisotopic (exact) mass is 331 g/mol. The van der Waals surface area contributed by atoms with Gasteiger partial charge in [-0.1, -0.05) is 6.07 Å². The second-order valence-electron chi connectivity index (χ2n) is 5.06. The molecule has 23 heavy (non-hydrogen) atoms. The van der Waals surface area contributed by atoms with Crippen molar-refractivity contribution in [3.05, 3.63) is 39.2 Å². The number of anilines is 3. The lowest BCUT2D eigenvalue weighted by Gasteiger charge is -2.29. The Morgan fingerprint density at radius 2 is 2.22 bits per heavy atom. The molecule has 0 fully saturated rings. The normalized spacial score (nSPS) is 16.7. The molecule has 0 aliphatic carbocycles. The number of thiophene rings is 1. The van der Waals surface area contributed by atoms with E-state index in [9.17, 15) is 4.79 Å². The van der Waals surface area contributed by atoms with Crippen molar-refractivity contribution in [2.45, 2.75) is 19.8 Å². The predicted molar refractivity (Wildman–Crippen MR) is 90.0 cm³/mol. The van der Waals surface area contributed by atoms with E-state index >= 15 is 0 Å². The summed E-state index contributed by atoms with van der Waals surface area (Å²) in [7, 11) is 0. The van der Waals surface area contributed by atoms with Crippen LogP contribution >= 0.6 is 11.3 Å². The molecule has 1 unspecified atom stereocenters. The number of nitrogens with zero attached hydrogens (tertiary/aromatic N) is 2. The molecule has 0 saturated heterocycles. The number of hydrogen-bond acceptors (Lipinski definition) is 8. The molecule has 0 saturated carbocycles. The van der Waals surface area contributed by atoms with Crippen molar-refractivity contribution in [1.82, 2.24) is 9.97 Å². The summed E-state index contributed by atoms with van der Waals surface area (Å²) in [6.45, 7) is 3.88. The Hall–Kier alpha value is -2.61. The highest BCUT2D eigenvalue weighted by atomic mass is 32.1. The topological polar surface area (TPSA) is 116 Å². The van der Waals surface area contributed by atoms with Crippen LogP contribution in [0.25, 0.3) is 0 Å². The average Bonchev–Trinajstić information content (AvgIpc) is 2.99. The first kappa shape index (κ1) is 15.3. The summed E-state index contributed by atoms with van der Waals surface area (Å²) in [5, 5.41) is 5.04. The summed E-state index contributed by atoms with van der Waals surface area (Å²) in [5.41, 5.74) is 13.6. The number of aromatic nitrogens is 2. The van der Waals surface area contributed by atoms with Crippen LogP contribution in [0.15, 0.2) is 28.8 Å². The Kier molecular flexibility index (Phi) is 3.91. The molecule has 7 nitrogen and oxygen atoms in total. The van der Waals surface area contributed by atoms with E-state index in [2.05, 4.69) is 15.3 Å². The van der Waals surface area contributed by atoms with Gasteiger partial charge in [0.1, 0.15) is 11.6 Å². The lowest BCUT2D eigenvalue weighted by molar-refractivity contribution is -0.138. The highest BCUT2D eigenvalue weighted by molar-refractivity contribution is 7.10. The fourth-order valence-corrected chi connectivity index (χ4v) is 3.55. The van der Waals surface area contributed by atoms with Crippen LogP contribution < -0.4 is 16.8 Å². The molecular formula is C15H17N5O2S. The van der Waals surface area contributed by atoms with Crippen molar-refractivity contribution in [2.24, 2.45) is 0 Å². The van der Waals surface area contributed by atoms with Crippen LogP contribution in [0, 0.1) is 0 Å². The molecular weight excluding hydrogens is 314 g/mol. The Morgan fingerprint density at radius 3 is 2.87 bits per heavy atom. The van der Waals surface area contributed by atoms with E-state index in [1.165, 1.54) is 11.3 Å². The first-order chi connectivity index (χ1) is 11.0. The van der Waals surface area contributed by atoms with Gasteiger partial charge in [0.15, 0.2) is 0 Å². The molecule has 0 radical (unpaired) electrons. The lowest BCUT2D eigenvalue weighted by atomic mass is 9.86. The average molecular weight is 331 g/mol. The number of fused-ring (bicyclic) bond motifs is 1. The number of esters is 1. The minimum atomic E-state index is -0.377. The molecule has 120 valence electrons. The Balaban J connectivity index is 2.22. The van der Waals surface area contributed by atoms with E-state index in [0.29, 0.717) is 29.3 Å². The van der Waals surface area contributed by atoms with Crippen molar-refractivity contribution in [3.63, 3.8) is 0 Å². The zero-order valence-corrected chi connectivity index (χ0v) is 13.6. The first-order valence-corrected chi connectivity index (χ1v) is 8.02. The van der Waals surface area contributed by atoms with Gasteiger partial charge in [-0.2, -0.15) is 9.97 Å². The maximum Gasteiger partial charge on any atom is 0.336 e. The van der Waals surface area contributed by atoms with Gasteiger partial charge in [-0.15, -0.1) is 11.3 Å². The molecule has 5 N–H and O–H groups in total. The maximum absolute atomic E-state index is 12.5. The molecule has 1 aliphatic rings. The molecule has 2 aromatic heterocycles. The van der Waals surface area contributed by atoms with Gasteiger partial charge in [0.25, 0.3) is 0 Å². The predicted octanol–water partition coefficient (Wildman–Crippen LogP) is 2.10. The summed E-state index contributed by atoms with van der Waals surface area (Å²) < 4.78 is 5.22. The molecule has 1 atom stereocenters. The summed E-state index contributed by atoms with van der Waals surface area (Å²) >= 11 is 1.54. The van der Waals surface area contributed by atoms with Gasteiger partial charge >= 0.3 is 5.97 Å². The number of nitrogens with one attached hydrogen (secondary N) is 1. The fourth-order valence-electron chi connectivity index (χ4n) is 2.71. The quantitative estimate of drug-likeness (QED) is 0.737. The van der Waals surface area contributed by atoms with Crippen LogP contribution in [0.1, 0.15) is 30.2 Å². The largest absolute Gasteiger partial charge is 0.463 e. The van der Waals surface area contributed by atoms with Gasteiger partial charge in [-0.05, 0) is 25.3 Å². The highest BCUT2D eigenvalue weighted by Crippen LogP contribution is 2.45. The van der Waals surface area contributed by atoms with Gasteiger partial charge in [0, 0.05) is 10.6 Å². The zero-order chi connectivity index (χ0) is 16.6. The minimum Gasteiger partial charge on any atom is -0.463 e. The Bertz CT molecular complexity index is 785. The number of ether oxygens (including phenoxy) is 1. The van der Waals surface area contributed by atoms with Crippen molar-refractivity contribution >= 4 is 34.9 Å². The standard InChI is InChI=1S/C15H17N5O2S/c1-3-22-14(21)9-7(2)18-13-11(12(16)19-15(17)20-13)10(9)8-5-4-6-23-8/h4-6,10H,3H2,1-2H3,(H5,16,17,18,19,20). The van der Waals surface area contributed by atoms with E-state index in [1.807, 2.05) is 24.4 Å². The summed E-state index contributed by atoms with van der Waals surface area (Å²) in [4.78, 5) is 21.7. The summed E-state index contributed by atoms with van der Waals surface area (Å²) in [6, 6.07) is 3.88. The van der Waals surface area contributed by atoms with Gasteiger partial charge in [0.2, 0.25) is 5.95 Å². The Labute approximate surface area is 137 Å². The third-order valence-electron chi connectivity index (χ3n) is 3.60. The molecule has 0 aromatic carbocycles. The minimum absolute atomic E-state index is 0.0889. The van der Waals surface area contributed by atoms with Gasteiger partial charge < -0.3 is 21.5 Å². The van der Waals surface area contributed by atoms with Crippen LogP contribution in [0.4, 0.5) is 17.6 Å². The van der Waals surface area contributed by atoms with Crippen LogP contribution in [0.2, 0.25) is 0 Å². The second-order valence-corrected chi connectivity index (χ2v) is 6.04. The molecule has 1 aliphatic heterocycles. The SMILES string of the molecule is CCOC(=O)C1=C(C)Nc2nc(N)nc(N)c2C1c1cccs1. The van der Waals surface area contributed by atoms with Crippen LogP contribution in [0.3, 0.4) is 0 Å². The van der Waals surface area contributed by atoms with Crippen molar-refractivity contribution in [3.8, 4) is 0 Å². The zero-order valence-electron chi connectivity index (χ0n) is 12.8. The van der Waals surface area contributed by atoms with Crippen molar-refractivity contribution < 1.29 is 9.53 Å². The number of hydrogen-bond donors (Lipinski definition) is 3. The maximum atomic E-state index is 12.5. The number of nitrogen functional groups attached to an aromatic ring is 2. The second kappa shape index (κ2) is 5.88. The lowest BCUT2D eigenvalue weighted by Crippen LogP contribution is -2.26. The summed E-state index contributed by atoms with van der Waals surface area (Å²) in [6.07, 6.45) is 0. The highest BCUT2D eigenvalue weighted by Gasteiger charge is 2.36. The van der Waals surface area contributed by atoms with E-state index in [-0.39, 0.29) is 23.7 Å². The van der Waals surface area contributed by atoms with Gasteiger partial charge in [-0.25, -0.2) is 4.79 Å². The van der Waals surface area contributed by atoms with Crippen LogP contribution in [0.5, 0.6) is 0 Å². The van der Waals surface area contributed by atoms with Gasteiger partial charge in [-0.3, -0.25) is 0 Å². The first-order valence-electron chi connectivity index (χ1n) is 7.14. The van der Waals surface area contributed by atoms with Crippen molar-refractivity contribution in [2.75, 3.05) is 23.4 Å². The van der Waals surface area contributed by atoms with E-state index < -0.39 is 0 Å². The third-order valence-corrected chi connectivity index (χ3v) is 4.54. The molecule has 2 aromatic rings. The molecule has 8 heteroatoms. The van der Waals surface area contributed by atoms with Crippen LogP contribution in [-0.4, -0.2) is 22.5 Å². The fraction of sp³-hybridized carbons (Fsp3) is 0.267. The smallest absolute Gasteiger partial charge is 0.336 e. The Morgan fingerprint density at radius 1 is 1.43 bits per heavy atom. The number of carbonyl (C=O) groups is 1. The molecule has 0 spiro atoms. The van der Waals surface area contributed by atoms with E-state index in [1.54, 1.807) is 6.92 Å². The van der Waals surface area contributed by atoms with E-state index in [0.717, 1.165) is 4.88 Å². The number of carbonyl (C=O) groups excluding carboxylic acids is 1. The molecule has 0 bridgehead atoms. The van der Waals surface area contributed by atoms with E-state index in [4.69, 9.17) is 16.2 Å². The number of rotatable bonds is 3. The molecule has 0 amide bonds. The van der Waals surface area contributed by atoms with Gasteiger partial charge in [0.05, 0.1) is 23.7 Å². The number of allylic oxidation sites excluding steroid dienone is 1. The molecule has 3 heterocycles. The third kappa shape index (κ3) is 2.61. The molecule has 3 rings (SSSR count). The summed E-state index contributed by atoms with van der Waals surface area (Å²) in [5.74, 6) is 0.126. The van der Waals surface area contributed by atoms with Crippen molar-refractivity contribution in [1.29, 1.82) is 0 Å². The van der Waals surface area contributed by atoms with Crippen LogP contribution in [-0.2, 0) is 9.53 Å². The number of nitrogens with two attached hydrogens (primary N) is 2.